The fourth-order valence-electron chi connectivity index (χ4n) is 4.43. The first-order valence-electron chi connectivity index (χ1n) is 12.7. The van der Waals surface area contributed by atoms with Crippen LogP contribution in [-0.4, -0.2) is 16.6 Å². The molecule has 0 radical (unpaired) electrons. The number of esters is 1. The van der Waals surface area contributed by atoms with Crippen molar-refractivity contribution in [1.82, 2.24) is 4.57 Å². The predicted octanol–water partition coefficient (Wildman–Crippen LogP) is 5.56. The number of hydrogen-bond acceptors (Lipinski definition) is 6. The molecule has 1 aromatic heterocycles. The first-order chi connectivity index (χ1) is 19.2. The Balaban J connectivity index is 1.59. The van der Waals surface area contributed by atoms with E-state index < -0.39 is 12.0 Å². The molecule has 0 fully saturated rings. The molecule has 0 aliphatic carbocycles. The average molecular weight is 577 g/mol. The third-order valence-corrected chi connectivity index (χ3v) is 7.52. The van der Waals surface area contributed by atoms with E-state index in [9.17, 15) is 14.0 Å². The van der Waals surface area contributed by atoms with Crippen molar-refractivity contribution in [2.24, 2.45) is 4.99 Å². The molecular formula is C31H26ClFN2O4S. The lowest BCUT2D eigenvalue weighted by molar-refractivity contribution is -0.143. The minimum absolute atomic E-state index is 0.240. The Morgan fingerprint density at radius 2 is 1.80 bits per heavy atom. The molecule has 204 valence electrons. The highest BCUT2D eigenvalue weighted by atomic mass is 35.5. The molecule has 40 heavy (non-hydrogen) atoms. The summed E-state index contributed by atoms with van der Waals surface area (Å²) in [5.41, 5.74) is 2.73. The molecule has 0 unspecified atom stereocenters. The Bertz CT molecular complexity index is 1770. The number of fused-ring (bicyclic) bond motifs is 1. The number of nitrogens with zero attached hydrogens (tertiary/aromatic N) is 2. The minimum atomic E-state index is -0.730. The number of ether oxygens (including phenoxy) is 2. The van der Waals surface area contributed by atoms with Crippen molar-refractivity contribution in [3.8, 4) is 5.75 Å². The molecule has 6 nitrogen and oxygen atoms in total. The molecule has 0 saturated heterocycles. The number of rotatable bonds is 7. The van der Waals surface area contributed by atoms with Crippen LogP contribution in [0.1, 0.15) is 43.5 Å². The topological polar surface area (TPSA) is 69.9 Å². The highest BCUT2D eigenvalue weighted by Gasteiger charge is 2.33. The van der Waals surface area contributed by atoms with Gasteiger partial charge < -0.3 is 9.47 Å². The van der Waals surface area contributed by atoms with E-state index in [0.29, 0.717) is 42.5 Å². The summed E-state index contributed by atoms with van der Waals surface area (Å²) in [5, 5.41) is 0.542. The molecular weight excluding hydrogens is 551 g/mol. The van der Waals surface area contributed by atoms with Gasteiger partial charge in [0.25, 0.3) is 5.56 Å². The summed E-state index contributed by atoms with van der Waals surface area (Å²) in [6.45, 7) is 5.53. The van der Waals surface area contributed by atoms with Crippen molar-refractivity contribution in [2.75, 3.05) is 0 Å². The van der Waals surface area contributed by atoms with Crippen LogP contribution < -0.4 is 19.6 Å². The SMILES string of the molecule is CC1=C(C(=O)OC(C)C)[C@@H](c2ccc(Cl)cc2)n2c(s/c(=C\c3ccccc3OCc3ccc(F)cc3)c2=O)=N1. The van der Waals surface area contributed by atoms with Crippen molar-refractivity contribution in [1.29, 1.82) is 0 Å². The lowest BCUT2D eigenvalue weighted by atomic mass is 9.96. The lowest BCUT2D eigenvalue weighted by Gasteiger charge is -2.25. The van der Waals surface area contributed by atoms with Gasteiger partial charge in [0.2, 0.25) is 0 Å². The Morgan fingerprint density at radius 3 is 2.50 bits per heavy atom. The fourth-order valence-corrected chi connectivity index (χ4v) is 5.60. The summed E-state index contributed by atoms with van der Waals surface area (Å²) in [5.74, 6) is -0.262. The van der Waals surface area contributed by atoms with Crippen LogP contribution in [0.5, 0.6) is 5.75 Å². The van der Waals surface area contributed by atoms with E-state index in [-0.39, 0.29) is 24.1 Å². The summed E-state index contributed by atoms with van der Waals surface area (Å²) < 4.78 is 26.8. The van der Waals surface area contributed by atoms with Crippen molar-refractivity contribution in [3.05, 3.63) is 131 Å². The fraction of sp³-hybridized carbons (Fsp3) is 0.194. The molecule has 1 atom stereocenters. The Hall–Kier alpha value is -4.01. The largest absolute Gasteiger partial charge is 0.488 e. The standard InChI is InChI=1S/C31H26ClFN2O4S/c1-18(2)39-30(37)27-19(3)34-31-35(28(27)21-10-12-23(32)13-11-21)29(36)26(40-31)16-22-6-4-5-7-25(22)38-17-20-8-14-24(33)15-9-20/h4-16,18,28H,17H2,1-3H3/b26-16-/t28-/m1/s1. The number of halogens is 2. The summed E-state index contributed by atoms with van der Waals surface area (Å²) in [6.07, 6.45) is 1.42. The van der Waals surface area contributed by atoms with Crippen molar-refractivity contribution < 1.29 is 18.7 Å². The zero-order chi connectivity index (χ0) is 28.4. The van der Waals surface area contributed by atoms with E-state index in [0.717, 1.165) is 5.56 Å². The van der Waals surface area contributed by atoms with E-state index in [1.807, 2.05) is 24.3 Å². The molecule has 0 saturated carbocycles. The second kappa shape index (κ2) is 11.6. The third kappa shape index (κ3) is 5.78. The summed E-state index contributed by atoms with van der Waals surface area (Å²) >= 11 is 7.37. The number of thiazole rings is 1. The maximum absolute atomic E-state index is 13.9. The molecule has 0 N–H and O–H groups in total. The van der Waals surface area contributed by atoms with Gasteiger partial charge in [-0.25, -0.2) is 14.2 Å². The number of aromatic nitrogens is 1. The average Bonchev–Trinajstić information content (AvgIpc) is 3.22. The zero-order valence-corrected chi connectivity index (χ0v) is 23.6. The molecule has 3 aromatic carbocycles. The Labute approximate surface area is 239 Å². The summed E-state index contributed by atoms with van der Waals surface area (Å²) in [6, 6.07) is 19.8. The molecule has 9 heteroatoms. The second-order valence-corrected chi connectivity index (χ2v) is 11.0. The quantitative estimate of drug-likeness (QED) is 0.270. The van der Waals surface area contributed by atoms with Crippen LogP contribution in [0.15, 0.2) is 93.9 Å². The number of carbonyl (C=O) groups excluding carboxylic acids is 1. The molecule has 2 heterocycles. The van der Waals surface area contributed by atoms with Crippen LogP contribution in [0.3, 0.4) is 0 Å². The number of hydrogen-bond donors (Lipinski definition) is 0. The molecule has 0 spiro atoms. The van der Waals surface area contributed by atoms with Gasteiger partial charge in [0.05, 0.1) is 27.9 Å². The van der Waals surface area contributed by atoms with Gasteiger partial charge in [-0.15, -0.1) is 0 Å². The van der Waals surface area contributed by atoms with E-state index >= 15 is 0 Å². The molecule has 1 aliphatic rings. The normalized spacial score (nSPS) is 15.2. The zero-order valence-electron chi connectivity index (χ0n) is 22.1. The van der Waals surface area contributed by atoms with E-state index in [1.165, 1.54) is 28.0 Å². The third-order valence-electron chi connectivity index (χ3n) is 6.28. The van der Waals surface area contributed by atoms with Gasteiger partial charge in [-0.3, -0.25) is 9.36 Å². The van der Waals surface area contributed by atoms with Crippen LogP contribution in [-0.2, 0) is 16.1 Å². The van der Waals surface area contributed by atoms with Crippen LogP contribution in [0.4, 0.5) is 4.39 Å². The van der Waals surface area contributed by atoms with Gasteiger partial charge in [-0.1, -0.05) is 65.4 Å². The van der Waals surface area contributed by atoms with Crippen molar-refractivity contribution >= 4 is 35.0 Å². The minimum Gasteiger partial charge on any atom is -0.488 e. The second-order valence-electron chi connectivity index (χ2n) is 9.54. The molecule has 1 aliphatic heterocycles. The maximum Gasteiger partial charge on any atom is 0.338 e. The number of benzene rings is 3. The van der Waals surface area contributed by atoms with Crippen LogP contribution >= 0.6 is 22.9 Å². The molecule has 0 bridgehead atoms. The highest BCUT2D eigenvalue weighted by molar-refractivity contribution is 7.07. The first-order valence-corrected chi connectivity index (χ1v) is 13.9. The van der Waals surface area contributed by atoms with Crippen LogP contribution in [0, 0.1) is 5.82 Å². The van der Waals surface area contributed by atoms with E-state index in [1.54, 1.807) is 63.2 Å². The van der Waals surface area contributed by atoms with Gasteiger partial charge in [-0.05, 0) is 68.3 Å². The first kappa shape index (κ1) is 27.6. The Kier molecular flexibility index (Phi) is 8.00. The van der Waals surface area contributed by atoms with Crippen molar-refractivity contribution in [3.63, 3.8) is 0 Å². The van der Waals surface area contributed by atoms with Crippen LogP contribution in [0.25, 0.3) is 6.08 Å². The van der Waals surface area contributed by atoms with Gasteiger partial charge in [0, 0.05) is 10.6 Å². The molecule has 4 aromatic rings. The van der Waals surface area contributed by atoms with Crippen molar-refractivity contribution in [2.45, 2.75) is 39.5 Å². The lowest BCUT2D eigenvalue weighted by Crippen LogP contribution is -2.40. The molecule has 5 rings (SSSR count). The van der Waals surface area contributed by atoms with Gasteiger partial charge in [0.15, 0.2) is 4.80 Å². The van der Waals surface area contributed by atoms with Gasteiger partial charge in [-0.2, -0.15) is 0 Å². The summed E-state index contributed by atoms with van der Waals surface area (Å²) in [7, 11) is 0. The summed E-state index contributed by atoms with van der Waals surface area (Å²) in [4.78, 5) is 32.2. The van der Waals surface area contributed by atoms with Gasteiger partial charge in [0.1, 0.15) is 18.2 Å². The van der Waals surface area contributed by atoms with E-state index in [4.69, 9.17) is 21.1 Å². The highest BCUT2D eigenvalue weighted by Crippen LogP contribution is 2.31. The van der Waals surface area contributed by atoms with Gasteiger partial charge >= 0.3 is 5.97 Å². The smallest absolute Gasteiger partial charge is 0.338 e. The monoisotopic (exact) mass is 576 g/mol. The molecule has 0 amide bonds. The Morgan fingerprint density at radius 1 is 1.10 bits per heavy atom. The van der Waals surface area contributed by atoms with E-state index in [2.05, 4.69) is 4.99 Å². The van der Waals surface area contributed by atoms with Crippen LogP contribution in [0.2, 0.25) is 5.02 Å². The number of allylic oxidation sites excluding steroid dienone is 1. The number of carbonyl (C=O) groups is 1. The maximum atomic E-state index is 13.9. The predicted molar refractivity (Wildman–Crippen MR) is 154 cm³/mol. The number of para-hydroxylation sites is 1.